The topological polar surface area (TPSA) is 145 Å². The molecule has 3 heterocycles. The predicted molar refractivity (Wildman–Crippen MR) is 132 cm³/mol. The molecule has 3 aromatic heterocycles. The summed E-state index contributed by atoms with van der Waals surface area (Å²) in [5.74, 6) is -0.613. The van der Waals surface area contributed by atoms with Crippen molar-refractivity contribution in [2.75, 3.05) is 12.3 Å². The van der Waals surface area contributed by atoms with Crippen LogP contribution in [0.1, 0.15) is 36.1 Å². The first kappa shape index (κ1) is 26.9. The van der Waals surface area contributed by atoms with Gasteiger partial charge >= 0.3 is 0 Å². The van der Waals surface area contributed by atoms with Gasteiger partial charge in [-0.25, -0.2) is 18.2 Å². The number of anilines is 1. The van der Waals surface area contributed by atoms with Crippen molar-refractivity contribution >= 4 is 5.95 Å². The molecule has 0 spiro atoms. The van der Waals surface area contributed by atoms with E-state index in [-0.39, 0.29) is 36.2 Å². The highest BCUT2D eigenvalue weighted by Crippen LogP contribution is 2.39. The molecular weight excluding hydrogens is 503 g/mol. The molecule has 0 aliphatic heterocycles. The third-order valence-corrected chi connectivity index (χ3v) is 5.57. The van der Waals surface area contributed by atoms with Crippen LogP contribution in [0.5, 0.6) is 5.88 Å². The molecule has 4 aromatic rings. The van der Waals surface area contributed by atoms with E-state index in [0.29, 0.717) is 34.6 Å². The summed E-state index contributed by atoms with van der Waals surface area (Å²) in [6, 6.07) is 8.26. The second-order valence-corrected chi connectivity index (χ2v) is 8.47. The van der Waals surface area contributed by atoms with Crippen LogP contribution in [0.4, 0.5) is 19.1 Å². The van der Waals surface area contributed by atoms with Gasteiger partial charge < -0.3 is 20.7 Å². The van der Waals surface area contributed by atoms with Crippen LogP contribution in [0.15, 0.2) is 36.4 Å². The number of halogens is 3. The lowest BCUT2D eigenvalue weighted by atomic mass is 9.99. The van der Waals surface area contributed by atoms with Gasteiger partial charge in [0.15, 0.2) is 0 Å². The van der Waals surface area contributed by atoms with Crippen molar-refractivity contribution in [1.29, 1.82) is 0 Å². The largest absolute Gasteiger partial charge is 0.470 e. The predicted octanol–water partition coefficient (Wildman–Crippen LogP) is 3.26. The van der Waals surface area contributed by atoms with Gasteiger partial charge in [-0.15, -0.1) is 0 Å². The number of aryl methyl sites for hydroxylation is 2. The Hall–Kier alpha value is -4.10. The molecule has 1 atom stereocenters. The van der Waals surface area contributed by atoms with Gasteiger partial charge in [0.25, 0.3) is 6.43 Å². The molecule has 200 valence electrons. The Kier molecular flexibility index (Phi) is 8.17. The smallest absolute Gasteiger partial charge is 0.280 e. The van der Waals surface area contributed by atoms with E-state index in [4.69, 9.17) is 15.6 Å². The fraction of sp³-hybridized carbons (Fsp3) is 0.320. The molecule has 0 aliphatic carbocycles. The van der Waals surface area contributed by atoms with Gasteiger partial charge in [-0.05, 0) is 55.3 Å². The summed E-state index contributed by atoms with van der Waals surface area (Å²) in [5, 5.41) is 27.5. The maximum Gasteiger partial charge on any atom is 0.280 e. The Morgan fingerprint density at radius 3 is 2.39 bits per heavy atom. The first-order valence-electron chi connectivity index (χ1n) is 11.7. The number of nitrogen functional groups attached to an aromatic ring is 1. The summed E-state index contributed by atoms with van der Waals surface area (Å²) >= 11 is 0. The lowest BCUT2D eigenvalue weighted by Crippen LogP contribution is -2.21. The van der Waals surface area contributed by atoms with Gasteiger partial charge in [-0.2, -0.15) is 20.0 Å². The summed E-state index contributed by atoms with van der Waals surface area (Å²) in [5.41, 5.74) is 8.22. The van der Waals surface area contributed by atoms with E-state index in [9.17, 15) is 18.3 Å². The van der Waals surface area contributed by atoms with E-state index in [1.165, 1.54) is 35.1 Å². The lowest BCUT2D eigenvalue weighted by molar-refractivity contribution is 0.0743. The van der Waals surface area contributed by atoms with E-state index in [1.807, 2.05) is 6.92 Å². The first-order valence-corrected chi connectivity index (χ1v) is 11.7. The van der Waals surface area contributed by atoms with Gasteiger partial charge in [0.2, 0.25) is 11.8 Å². The van der Waals surface area contributed by atoms with Gasteiger partial charge in [0.05, 0.1) is 36.2 Å². The second kappa shape index (κ2) is 11.5. The zero-order valence-electron chi connectivity index (χ0n) is 20.6. The average molecular weight is 530 g/mol. The molecule has 38 heavy (non-hydrogen) atoms. The molecule has 4 N–H and O–H groups in total. The number of hydrogen-bond acceptors (Lipinski definition) is 9. The first-order chi connectivity index (χ1) is 18.2. The normalized spacial score (nSPS) is 12.2. The summed E-state index contributed by atoms with van der Waals surface area (Å²) < 4.78 is 46.9. The van der Waals surface area contributed by atoms with Crippen molar-refractivity contribution in [2.24, 2.45) is 0 Å². The van der Waals surface area contributed by atoms with Crippen molar-refractivity contribution in [1.82, 2.24) is 29.9 Å². The van der Waals surface area contributed by atoms with E-state index in [0.717, 1.165) is 0 Å². The van der Waals surface area contributed by atoms with E-state index >= 15 is 0 Å². The van der Waals surface area contributed by atoms with Crippen molar-refractivity contribution < 1.29 is 28.1 Å². The molecule has 0 unspecified atom stereocenters. The quantitative estimate of drug-likeness (QED) is 0.282. The van der Waals surface area contributed by atoms with Gasteiger partial charge in [-0.1, -0.05) is 6.92 Å². The third kappa shape index (κ3) is 6.06. The number of aliphatic hydroxyl groups excluding tert-OH is 2. The number of nitrogens with two attached hydrogens (primary N) is 1. The minimum absolute atomic E-state index is 0.00497. The number of pyridine rings is 1. The highest BCUT2D eigenvalue weighted by molar-refractivity contribution is 5.85. The van der Waals surface area contributed by atoms with E-state index in [1.54, 1.807) is 13.0 Å². The molecule has 0 fully saturated rings. The Labute approximate surface area is 216 Å². The van der Waals surface area contributed by atoms with Crippen molar-refractivity contribution in [3.8, 4) is 28.3 Å². The number of aromatic nitrogens is 6. The summed E-state index contributed by atoms with van der Waals surface area (Å²) in [6.45, 7) is 2.87. The molecular formula is C25H26F3N7O3. The molecule has 0 bridgehead atoms. The fourth-order valence-corrected chi connectivity index (χ4v) is 3.86. The lowest BCUT2D eigenvalue weighted by Gasteiger charge is -2.16. The number of ether oxygens (including phenoxy) is 1. The van der Waals surface area contributed by atoms with Crippen molar-refractivity contribution in [3.05, 3.63) is 65.0 Å². The van der Waals surface area contributed by atoms with Crippen LogP contribution in [0.25, 0.3) is 22.4 Å². The highest BCUT2D eigenvalue weighted by atomic mass is 19.3. The molecule has 0 radical (unpaired) electrons. The summed E-state index contributed by atoms with van der Waals surface area (Å²) in [6.07, 6.45) is -3.35. The Morgan fingerprint density at radius 1 is 1.03 bits per heavy atom. The monoisotopic (exact) mass is 529 g/mol. The molecule has 13 heteroatoms. The number of hydrogen-bond donors (Lipinski definition) is 3. The van der Waals surface area contributed by atoms with Crippen LogP contribution in [-0.4, -0.2) is 52.9 Å². The standard InChI is InChI=1S/C25H26F3N7O3/c1-3-18-20(34-35(33-18)10-17(37)11-36)12-38-24-21(15-8-13(2)30-19(9-15)23(27)28)22(31-25(29)32-24)14-4-6-16(26)7-5-14/h4-9,17,23,36-37H,3,10-12H2,1-2H3,(H2,29,31,32)/t17-/m0/s1. The van der Waals surface area contributed by atoms with Crippen molar-refractivity contribution in [2.45, 2.75) is 45.9 Å². The van der Waals surface area contributed by atoms with E-state index in [2.05, 4.69) is 25.1 Å². The Balaban J connectivity index is 1.81. The molecule has 10 nitrogen and oxygen atoms in total. The van der Waals surface area contributed by atoms with Crippen LogP contribution < -0.4 is 10.5 Å². The van der Waals surface area contributed by atoms with Crippen LogP contribution in [0, 0.1) is 12.7 Å². The molecule has 0 aliphatic rings. The maximum atomic E-state index is 13.6. The van der Waals surface area contributed by atoms with E-state index < -0.39 is 30.6 Å². The molecule has 0 amide bonds. The molecule has 0 saturated carbocycles. The number of benzene rings is 1. The van der Waals surface area contributed by atoms with Crippen LogP contribution in [-0.2, 0) is 19.6 Å². The highest BCUT2D eigenvalue weighted by Gasteiger charge is 2.22. The molecule has 1 aromatic carbocycles. The average Bonchev–Trinajstić information content (AvgIpc) is 3.28. The Bertz CT molecular complexity index is 1410. The Morgan fingerprint density at radius 2 is 1.74 bits per heavy atom. The fourth-order valence-electron chi connectivity index (χ4n) is 3.86. The van der Waals surface area contributed by atoms with Crippen LogP contribution >= 0.6 is 0 Å². The minimum Gasteiger partial charge on any atom is -0.470 e. The third-order valence-electron chi connectivity index (χ3n) is 5.57. The van der Waals surface area contributed by atoms with Gasteiger partial charge in [0, 0.05) is 11.3 Å². The maximum absolute atomic E-state index is 13.6. The molecule has 4 rings (SSSR count). The number of aliphatic hydroxyl groups is 2. The summed E-state index contributed by atoms with van der Waals surface area (Å²) in [4.78, 5) is 13.7. The van der Waals surface area contributed by atoms with Crippen LogP contribution in [0.2, 0.25) is 0 Å². The number of rotatable bonds is 10. The van der Waals surface area contributed by atoms with Crippen LogP contribution in [0.3, 0.4) is 0 Å². The number of nitrogens with zero attached hydrogens (tertiary/aromatic N) is 6. The van der Waals surface area contributed by atoms with Gasteiger partial charge in [-0.3, -0.25) is 4.98 Å². The minimum atomic E-state index is -2.82. The zero-order valence-corrected chi connectivity index (χ0v) is 20.6. The number of alkyl halides is 2. The van der Waals surface area contributed by atoms with Gasteiger partial charge in [0.1, 0.15) is 23.8 Å². The second-order valence-electron chi connectivity index (χ2n) is 8.47. The SMILES string of the molecule is CCc1nn(C[C@H](O)CO)nc1COc1nc(N)nc(-c2ccc(F)cc2)c1-c1cc(C)nc(C(F)F)c1. The summed E-state index contributed by atoms with van der Waals surface area (Å²) in [7, 11) is 0. The molecule has 0 saturated heterocycles. The zero-order chi connectivity index (χ0) is 27.4. The van der Waals surface area contributed by atoms with Crippen molar-refractivity contribution in [3.63, 3.8) is 0 Å².